The standard InChI is InChI=1S/C15H20BNO4/c1-14(2)15(3,4)21-16(20-14)7-6-12-8-11(10-18)13(19-5)9-17-12/h6-10H,1-5H3/b7-6+. The molecule has 0 aromatic carbocycles. The molecule has 0 aliphatic carbocycles. The Labute approximate surface area is 125 Å². The SMILES string of the molecule is COc1cnc(/C=C/B2OC(C)(C)C(C)(C)O2)cc1C=O. The number of nitrogens with zero attached hydrogens (tertiary/aromatic N) is 1. The number of hydrogen-bond acceptors (Lipinski definition) is 5. The van der Waals surface area contributed by atoms with E-state index in [1.807, 2.05) is 27.7 Å². The minimum atomic E-state index is -0.432. The quantitative estimate of drug-likeness (QED) is 0.629. The molecule has 0 radical (unpaired) electrons. The van der Waals surface area contributed by atoms with Crippen LogP contribution in [0.3, 0.4) is 0 Å². The Hall–Kier alpha value is -1.66. The van der Waals surface area contributed by atoms with Crippen LogP contribution in [0.4, 0.5) is 0 Å². The third-order valence-corrected chi connectivity index (χ3v) is 3.96. The topological polar surface area (TPSA) is 57.6 Å². The van der Waals surface area contributed by atoms with Crippen molar-refractivity contribution in [1.29, 1.82) is 0 Å². The van der Waals surface area contributed by atoms with Crippen molar-refractivity contribution in [3.05, 3.63) is 29.5 Å². The Bertz CT molecular complexity index is 553. The highest BCUT2D eigenvalue weighted by atomic mass is 16.7. The number of hydrogen-bond donors (Lipinski definition) is 0. The molecule has 0 saturated carbocycles. The van der Waals surface area contributed by atoms with Crippen LogP contribution in [0.25, 0.3) is 6.08 Å². The predicted octanol–water partition coefficient (Wildman–Crippen LogP) is 2.55. The lowest BCUT2D eigenvalue weighted by molar-refractivity contribution is 0.00578. The first-order valence-electron chi connectivity index (χ1n) is 6.82. The average molecular weight is 289 g/mol. The lowest BCUT2D eigenvalue weighted by atomic mass is 9.89. The Morgan fingerprint density at radius 3 is 2.38 bits per heavy atom. The van der Waals surface area contributed by atoms with Gasteiger partial charge in [-0.25, -0.2) is 0 Å². The van der Waals surface area contributed by atoms with E-state index in [1.54, 1.807) is 18.1 Å². The second kappa shape index (κ2) is 5.62. The van der Waals surface area contributed by atoms with Crippen LogP contribution in [0, 0.1) is 0 Å². The summed E-state index contributed by atoms with van der Waals surface area (Å²) in [5, 5.41) is 0. The molecule has 0 amide bonds. The van der Waals surface area contributed by atoms with Crippen LogP contribution in [0.5, 0.6) is 5.75 Å². The highest BCUT2D eigenvalue weighted by molar-refractivity contribution is 6.52. The fourth-order valence-electron chi connectivity index (χ4n) is 1.97. The molecule has 2 rings (SSSR count). The van der Waals surface area contributed by atoms with Gasteiger partial charge in [0.1, 0.15) is 5.75 Å². The molecule has 1 saturated heterocycles. The molecule has 21 heavy (non-hydrogen) atoms. The highest BCUT2D eigenvalue weighted by Crippen LogP contribution is 2.37. The van der Waals surface area contributed by atoms with Gasteiger partial charge in [0.15, 0.2) is 6.29 Å². The Morgan fingerprint density at radius 1 is 1.24 bits per heavy atom. The smallest absolute Gasteiger partial charge is 0.487 e. The van der Waals surface area contributed by atoms with Gasteiger partial charge in [0.25, 0.3) is 0 Å². The summed E-state index contributed by atoms with van der Waals surface area (Å²) in [6, 6.07) is 1.66. The summed E-state index contributed by atoms with van der Waals surface area (Å²) in [5.74, 6) is 2.25. The van der Waals surface area contributed by atoms with E-state index in [0.717, 1.165) is 6.29 Å². The summed E-state index contributed by atoms with van der Waals surface area (Å²) < 4.78 is 16.8. The van der Waals surface area contributed by atoms with E-state index in [9.17, 15) is 4.79 Å². The maximum Gasteiger partial charge on any atom is 0.487 e. The van der Waals surface area contributed by atoms with Gasteiger partial charge in [-0.15, -0.1) is 0 Å². The van der Waals surface area contributed by atoms with Crippen LogP contribution in [0.15, 0.2) is 18.2 Å². The molecule has 1 aliphatic heterocycles. The Kier molecular flexibility index (Phi) is 4.21. The lowest BCUT2D eigenvalue weighted by Gasteiger charge is -2.32. The van der Waals surface area contributed by atoms with Crippen molar-refractivity contribution in [2.24, 2.45) is 0 Å². The predicted molar refractivity (Wildman–Crippen MR) is 81.3 cm³/mol. The van der Waals surface area contributed by atoms with E-state index in [1.165, 1.54) is 13.3 Å². The maximum atomic E-state index is 11.0. The minimum Gasteiger partial charge on any atom is -0.494 e. The molecule has 0 bridgehead atoms. The highest BCUT2D eigenvalue weighted by Gasteiger charge is 2.49. The van der Waals surface area contributed by atoms with Crippen molar-refractivity contribution in [2.75, 3.05) is 7.11 Å². The van der Waals surface area contributed by atoms with Crippen molar-refractivity contribution in [2.45, 2.75) is 38.9 Å². The Balaban J connectivity index is 2.14. The van der Waals surface area contributed by atoms with Crippen LogP contribution in [-0.2, 0) is 9.31 Å². The molecule has 0 unspecified atom stereocenters. The second-order valence-electron chi connectivity index (χ2n) is 5.95. The van der Waals surface area contributed by atoms with Crippen molar-refractivity contribution in [3.8, 4) is 5.75 Å². The van der Waals surface area contributed by atoms with E-state index in [4.69, 9.17) is 14.0 Å². The zero-order valence-electron chi connectivity index (χ0n) is 13.0. The molecule has 6 heteroatoms. The fraction of sp³-hybridized carbons (Fsp3) is 0.467. The van der Waals surface area contributed by atoms with Crippen molar-refractivity contribution >= 4 is 19.5 Å². The molecular weight excluding hydrogens is 269 g/mol. The molecule has 112 valence electrons. The molecule has 0 spiro atoms. The summed E-state index contributed by atoms with van der Waals surface area (Å²) in [6.45, 7) is 7.99. The first-order valence-corrected chi connectivity index (χ1v) is 6.82. The third kappa shape index (κ3) is 3.17. The lowest BCUT2D eigenvalue weighted by Crippen LogP contribution is -2.41. The molecule has 0 N–H and O–H groups in total. The van der Waals surface area contributed by atoms with Crippen molar-refractivity contribution in [1.82, 2.24) is 4.98 Å². The molecular formula is C15H20BNO4. The molecule has 5 nitrogen and oxygen atoms in total. The van der Waals surface area contributed by atoms with Crippen molar-refractivity contribution in [3.63, 3.8) is 0 Å². The van der Waals surface area contributed by atoms with Crippen LogP contribution in [0.1, 0.15) is 43.7 Å². The Morgan fingerprint density at radius 2 is 1.86 bits per heavy atom. The van der Waals surface area contributed by atoms with Gasteiger partial charge >= 0.3 is 7.12 Å². The number of ether oxygens (including phenoxy) is 1. The number of aromatic nitrogens is 1. The van der Waals surface area contributed by atoms with Gasteiger partial charge in [-0.3, -0.25) is 9.78 Å². The number of carbonyl (C=O) groups excluding carboxylic acids is 1. The number of aldehydes is 1. The summed E-state index contributed by atoms with van der Waals surface area (Å²) in [6.07, 6.45) is 4.04. The number of rotatable bonds is 4. The number of carbonyl (C=O) groups is 1. The molecule has 0 atom stereocenters. The van der Waals surface area contributed by atoms with E-state index in [-0.39, 0.29) is 11.2 Å². The molecule has 1 aromatic rings. The van der Waals surface area contributed by atoms with Gasteiger partial charge in [-0.05, 0) is 39.8 Å². The zero-order chi connectivity index (χ0) is 15.7. The van der Waals surface area contributed by atoms with Gasteiger partial charge in [0.2, 0.25) is 0 Å². The summed E-state index contributed by atoms with van der Waals surface area (Å²) in [7, 11) is 1.07. The first kappa shape index (κ1) is 15.7. The monoisotopic (exact) mass is 289 g/mol. The maximum absolute atomic E-state index is 11.0. The number of methoxy groups -OCH3 is 1. The van der Waals surface area contributed by atoms with Gasteiger partial charge in [-0.2, -0.15) is 0 Å². The van der Waals surface area contributed by atoms with E-state index in [0.29, 0.717) is 17.0 Å². The molecule has 1 aliphatic rings. The fourth-order valence-corrected chi connectivity index (χ4v) is 1.97. The summed E-state index contributed by atoms with van der Waals surface area (Å²) in [4.78, 5) is 15.2. The second-order valence-corrected chi connectivity index (χ2v) is 5.95. The van der Waals surface area contributed by atoms with Crippen molar-refractivity contribution < 1.29 is 18.8 Å². The van der Waals surface area contributed by atoms with Gasteiger partial charge in [0.05, 0.1) is 35.8 Å². The van der Waals surface area contributed by atoms with E-state index < -0.39 is 7.12 Å². The molecule has 1 aromatic heterocycles. The van der Waals surface area contributed by atoms with E-state index >= 15 is 0 Å². The first-order chi connectivity index (χ1) is 9.79. The number of pyridine rings is 1. The van der Waals surface area contributed by atoms with Gasteiger partial charge in [0, 0.05) is 0 Å². The molecule has 2 heterocycles. The summed E-state index contributed by atoms with van der Waals surface area (Å²) in [5.41, 5.74) is 0.362. The zero-order valence-corrected chi connectivity index (χ0v) is 13.0. The van der Waals surface area contributed by atoms with Crippen LogP contribution >= 0.6 is 0 Å². The van der Waals surface area contributed by atoms with Crippen LogP contribution in [-0.4, -0.2) is 36.7 Å². The minimum absolute atomic E-state index is 0.372. The van der Waals surface area contributed by atoms with Crippen LogP contribution < -0.4 is 4.74 Å². The van der Waals surface area contributed by atoms with Gasteiger partial charge < -0.3 is 14.0 Å². The normalized spacial score (nSPS) is 20.0. The average Bonchev–Trinajstić information content (AvgIpc) is 2.64. The van der Waals surface area contributed by atoms with Gasteiger partial charge in [-0.1, -0.05) is 5.98 Å². The molecule has 1 fully saturated rings. The van der Waals surface area contributed by atoms with Crippen LogP contribution in [0.2, 0.25) is 0 Å². The summed E-state index contributed by atoms with van der Waals surface area (Å²) >= 11 is 0. The van der Waals surface area contributed by atoms with E-state index in [2.05, 4.69) is 4.98 Å². The third-order valence-electron chi connectivity index (χ3n) is 3.96. The largest absolute Gasteiger partial charge is 0.494 e.